The lowest BCUT2D eigenvalue weighted by atomic mass is 9.89. The molecule has 1 unspecified atom stereocenters. The van der Waals surface area contributed by atoms with Crippen molar-refractivity contribution in [3.05, 3.63) is 128 Å². The van der Waals surface area contributed by atoms with Gasteiger partial charge in [-0.3, -0.25) is 0 Å². The zero-order valence-corrected chi connectivity index (χ0v) is 23.9. The van der Waals surface area contributed by atoms with E-state index >= 15 is 0 Å². The summed E-state index contributed by atoms with van der Waals surface area (Å²) in [4.78, 5) is 4.76. The van der Waals surface area contributed by atoms with Crippen LogP contribution in [0.15, 0.2) is 77.2 Å². The molecule has 1 aliphatic heterocycles. The van der Waals surface area contributed by atoms with E-state index in [2.05, 4.69) is 68.2 Å². The Labute approximate surface area is 241 Å². The Kier molecular flexibility index (Phi) is 8.21. The summed E-state index contributed by atoms with van der Waals surface area (Å²) in [5.41, 5.74) is 13.8. The molecule has 1 aromatic heterocycles. The van der Waals surface area contributed by atoms with Crippen molar-refractivity contribution in [2.45, 2.75) is 59.6 Å². The van der Waals surface area contributed by atoms with E-state index in [0.717, 1.165) is 52.1 Å². The first-order valence-electron chi connectivity index (χ1n) is 13.9. The maximum atomic E-state index is 14.8. The maximum Gasteiger partial charge on any atom is 0.141 e. The number of rotatable bonds is 7. The second-order valence-electron chi connectivity index (χ2n) is 10.7. The molecular formula is C35H34FN3O2. The minimum absolute atomic E-state index is 0.122. The van der Waals surface area contributed by atoms with Gasteiger partial charge in [0.2, 0.25) is 0 Å². The number of aliphatic hydroxyl groups is 1. The summed E-state index contributed by atoms with van der Waals surface area (Å²) in [7, 11) is 0. The van der Waals surface area contributed by atoms with E-state index in [0.29, 0.717) is 29.0 Å². The van der Waals surface area contributed by atoms with Crippen molar-refractivity contribution in [3.8, 4) is 11.8 Å². The number of fused-ring (bicyclic) bond motifs is 2. The summed E-state index contributed by atoms with van der Waals surface area (Å²) < 4.78 is 20.3. The Balaban J connectivity index is 1.53. The molecular weight excluding hydrogens is 513 g/mol. The molecule has 0 saturated heterocycles. The molecule has 0 radical (unpaired) electrons. The van der Waals surface area contributed by atoms with Gasteiger partial charge in [-0.15, -0.1) is 0 Å². The van der Waals surface area contributed by atoms with Gasteiger partial charge in [0.25, 0.3) is 0 Å². The lowest BCUT2D eigenvalue weighted by Crippen LogP contribution is -2.18. The second kappa shape index (κ2) is 12.0. The Morgan fingerprint density at radius 2 is 2.07 bits per heavy atom. The van der Waals surface area contributed by atoms with Crippen molar-refractivity contribution in [1.82, 2.24) is 10.3 Å². The van der Waals surface area contributed by atoms with E-state index in [1.807, 2.05) is 13.0 Å². The van der Waals surface area contributed by atoms with E-state index in [1.54, 1.807) is 12.1 Å². The van der Waals surface area contributed by atoms with Gasteiger partial charge >= 0.3 is 0 Å². The standard InChI is InChI=1S/C35H34FN3O2/c1-5-21(2)6-7-24-8-11-28(23(4)16-24)29-15-22(3)14-27(17-25-9-10-26(18-37)39-35(25)29)38-19-30-31(36)12-13-33-34(30)32(40)20-41-33/h5,8-13,15-16,32,38,40H,6-7,17,19-20H2,1-4H3/b21-5+,29-15?. The van der Waals surface area contributed by atoms with Crippen LogP contribution < -0.4 is 10.1 Å². The number of nitrogens with zero attached hydrogens (tertiary/aromatic N) is 2. The van der Waals surface area contributed by atoms with Crippen LogP contribution in [0, 0.1) is 24.1 Å². The van der Waals surface area contributed by atoms with Crippen LogP contribution in [0.2, 0.25) is 0 Å². The SMILES string of the molecule is C/C=C(\C)CCc1ccc(C2=CC(C)=C=C(NCc3c(F)ccc4c3C(O)CO4)Cc3ccc(C#N)nc32)c(C)c1. The van der Waals surface area contributed by atoms with E-state index in [-0.39, 0.29) is 13.2 Å². The van der Waals surface area contributed by atoms with Crippen LogP contribution in [0.1, 0.15) is 78.1 Å². The molecule has 208 valence electrons. The zero-order valence-electron chi connectivity index (χ0n) is 23.9. The molecule has 2 N–H and O–H groups in total. The number of halogens is 1. The number of ether oxygens (including phenoxy) is 1. The number of aliphatic hydroxyl groups excluding tert-OH is 1. The summed E-state index contributed by atoms with van der Waals surface area (Å²) in [6, 6.07) is 15.3. The molecule has 5 rings (SSSR count). The van der Waals surface area contributed by atoms with Crippen molar-refractivity contribution < 1.29 is 14.2 Å². The third-order valence-corrected chi connectivity index (χ3v) is 7.77. The third kappa shape index (κ3) is 6.02. The number of pyridine rings is 1. The van der Waals surface area contributed by atoms with Crippen molar-refractivity contribution >= 4 is 5.57 Å². The van der Waals surface area contributed by atoms with Crippen LogP contribution in [0.25, 0.3) is 5.57 Å². The number of allylic oxidation sites excluding steroid dienone is 4. The van der Waals surface area contributed by atoms with Gasteiger partial charge in [0.15, 0.2) is 0 Å². The number of hydrogen-bond acceptors (Lipinski definition) is 5. The van der Waals surface area contributed by atoms with Crippen LogP contribution in [0.5, 0.6) is 5.75 Å². The summed E-state index contributed by atoms with van der Waals surface area (Å²) >= 11 is 0. The largest absolute Gasteiger partial charge is 0.490 e. The Hall–Kier alpha value is -4.43. The monoisotopic (exact) mass is 547 g/mol. The third-order valence-electron chi connectivity index (χ3n) is 7.77. The van der Waals surface area contributed by atoms with Crippen LogP contribution in [-0.2, 0) is 19.4 Å². The van der Waals surface area contributed by atoms with E-state index in [1.165, 1.54) is 17.2 Å². The number of hydrogen-bond donors (Lipinski definition) is 2. The van der Waals surface area contributed by atoms with Gasteiger partial charge in [-0.1, -0.05) is 41.6 Å². The lowest BCUT2D eigenvalue weighted by molar-refractivity contribution is 0.140. The van der Waals surface area contributed by atoms with Crippen LogP contribution in [-0.4, -0.2) is 16.7 Å². The van der Waals surface area contributed by atoms with Crippen LogP contribution in [0.4, 0.5) is 4.39 Å². The first-order valence-corrected chi connectivity index (χ1v) is 13.9. The minimum atomic E-state index is -0.859. The molecule has 0 bridgehead atoms. The fourth-order valence-electron chi connectivity index (χ4n) is 5.44. The Morgan fingerprint density at radius 1 is 1.24 bits per heavy atom. The summed E-state index contributed by atoms with van der Waals surface area (Å²) in [5, 5.41) is 23.4. The summed E-state index contributed by atoms with van der Waals surface area (Å²) in [6.45, 7) is 8.61. The molecule has 0 saturated carbocycles. The number of aryl methyl sites for hydroxylation is 2. The highest BCUT2D eigenvalue weighted by molar-refractivity contribution is 5.83. The van der Waals surface area contributed by atoms with Gasteiger partial charge in [0.1, 0.15) is 36.0 Å². The fourth-order valence-corrected chi connectivity index (χ4v) is 5.44. The lowest BCUT2D eigenvalue weighted by Gasteiger charge is -2.19. The highest BCUT2D eigenvalue weighted by Gasteiger charge is 2.27. The van der Waals surface area contributed by atoms with Crippen molar-refractivity contribution in [3.63, 3.8) is 0 Å². The number of aromatic nitrogens is 1. The average Bonchev–Trinajstić information content (AvgIpc) is 3.34. The van der Waals surface area contributed by atoms with Crippen molar-refractivity contribution in [1.29, 1.82) is 5.26 Å². The predicted octanol–water partition coefficient (Wildman–Crippen LogP) is 6.93. The fraction of sp³-hybridized carbons (Fsp3) is 0.286. The minimum Gasteiger partial charge on any atom is -0.490 e. The van der Waals surface area contributed by atoms with E-state index in [4.69, 9.17) is 9.72 Å². The summed E-state index contributed by atoms with van der Waals surface area (Å²) in [6.07, 6.45) is 5.83. The second-order valence-corrected chi connectivity index (χ2v) is 10.7. The number of nitrogens with one attached hydrogen (secondary N) is 1. The topological polar surface area (TPSA) is 78.2 Å². The molecule has 0 spiro atoms. The molecule has 1 atom stereocenters. The van der Waals surface area contributed by atoms with Crippen LogP contribution in [0.3, 0.4) is 0 Å². The van der Waals surface area contributed by atoms with Gasteiger partial charge in [-0.25, -0.2) is 9.37 Å². The molecule has 6 heteroatoms. The number of benzene rings is 2. The van der Waals surface area contributed by atoms with Gasteiger partial charge < -0.3 is 15.2 Å². The van der Waals surface area contributed by atoms with E-state index in [9.17, 15) is 14.8 Å². The molecule has 0 fully saturated rings. The van der Waals surface area contributed by atoms with Gasteiger partial charge in [0, 0.05) is 29.7 Å². The van der Waals surface area contributed by atoms with Gasteiger partial charge in [0.05, 0.1) is 11.4 Å². The number of nitriles is 1. The molecule has 1 aliphatic carbocycles. The average molecular weight is 548 g/mol. The highest BCUT2D eigenvalue weighted by atomic mass is 19.1. The molecule has 2 aromatic carbocycles. The molecule has 41 heavy (non-hydrogen) atoms. The quantitative estimate of drug-likeness (QED) is 0.248. The molecule has 3 aromatic rings. The Bertz CT molecular complexity index is 1690. The molecule has 5 nitrogen and oxygen atoms in total. The normalized spacial score (nSPS) is 16.3. The molecule has 0 amide bonds. The smallest absolute Gasteiger partial charge is 0.141 e. The zero-order chi connectivity index (χ0) is 29.1. The summed E-state index contributed by atoms with van der Waals surface area (Å²) in [5.74, 6) is 0.120. The van der Waals surface area contributed by atoms with E-state index < -0.39 is 11.9 Å². The predicted molar refractivity (Wildman–Crippen MR) is 159 cm³/mol. The van der Waals surface area contributed by atoms with Gasteiger partial charge in [-0.2, -0.15) is 5.26 Å². The molecule has 2 heterocycles. The first-order chi connectivity index (χ1) is 19.8. The maximum absolute atomic E-state index is 14.8. The van der Waals surface area contributed by atoms with Crippen LogP contribution >= 0.6 is 0 Å². The Morgan fingerprint density at radius 3 is 2.83 bits per heavy atom. The highest BCUT2D eigenvalue weighted by Crippen LogP contribution is 2.37. The van der Waals surface area contributed by atoms with Crippen molar-refractivity contribution in [2.75, 3.05) is 6.61 Å². The molecule has 2 aliphatic rings. The van der Waals surface area contributed by atoms with Gasteiger partial charge in [-0.05, 0) is 92.6 Å². The first kappa shape index (κ1) is 28.1. The van der Waals surface area contributed by atoms with Crippen molar-refractivity contribution in [2.24, 2.45) is 0 Å².